The third-order valence-electron chi connectivity index (χ3n) is 4.29. The number of hydrogen-bond acceptors (Lipinski definition) is 6. The van der Waals surface area contributed by atoms with Crippen LogP contribution in [0.4, 0.5) is 4.39 Å². The molecule has 0 radical (unpaired) electrons. The van der Waals surface area contributed by atoms with Gasteiger partial charge in [0.25, 0.3) is 11.8 Å². The summed E-state index contributed by atoms with van der Waals surface area (Å²) >= 11 is 5.82. The van der Waals surface area contributed by atoms with Crippen molar-refractivity contribution in [2.24, 2.45) is 0 Å². The van der Waals surface area contributed by atoms with Crippen LogP contribution in [0.5, 0.6) is 5.88 Å². The molecule has 7 nitrogen and oxygen atoms in total. The van der Waals surface area contributed by atoms with E-state index in [9.17, 15) is 9.18 Å². The lowest BCUT2D eigenvalue weighted by Crippen LogP contribution is -2.42. The molecule has 9 heteroatoms. The van der Waals surface area contributed by atoms with Gasteiger partial charge in [-0.05, 0) is 32.0 Å². The number of nitrogens with zero attached hydrogens (tertiary/aromatic N) is 4. The van der Waals surface area contributed by atoms with Crippen LogP contribution in [0.2, 0.25) is 5.02 Å². The molecule has 29 heavy (non-hydrogen) atoms. The van der Waals surface area contributed by atoms with Crippen molar-refractivity contribution in [2.45, 2.75) is 26.8 Å². The predicted molar refractivity (Wildman–Crippen MR) is 105 cm³/mol. The lowest BCUT2D eigenvalue weighted by atomic mass is 10.0. The predicted octanol–water partition coefficient (Wildman–Crippen LogP) is 4.16. The van der Waals surface area contributed by atoms with Gasteiger partial charge in [0.05, 0.1) is 22.2 Å². The number of pyridine rings is 1. The number of rotatable bonds is 7. The normalized spacial score (nSPS) is 11.9. The summed E-state index contributed by atoms with van der Waals surface area (Å²) in [6.45, 7) is 5.88. The molecule has 0 saturated carbocycles. The average molecular weight is 419 g/mol. The van der Waals surface area contributed by atoms with Crippen molar-refractivity contribution in [2.75, 3.05) is 13.2 Å². The van der Waals surface area contributed by atoms with Crippen molar-refractivity contribution in [3.63, 3.8) is 0 Å². The first kappa shape index (κ1) is 20.7. The van der Waals surface area contributed by atoms with Gasteiger partial charge in [0.15, 0.2) is 0 Å². The van der Waals surface area contributed by atoms with E-state index in [1.165, 1.54) is 24.4 Å². The van der Waals surface area contributed by atoms with Gasteiger partial charge in [0.1, 0.15) is 12.4 Å². The van der Waals surface area contributed by atoms with Gasteiger partial charge in [0.2, 0.25) is 11.8 Å². The molecule has 0 spiro atoms. The van der Waals surface area contributed by atoms with Gasteiger partial charge in [-0.25, -0.2) is 9.37 Å². The molecule has 1 amide bonds. The van der Waals surface area contributed by atoms with Gasteiger partial charge in [-0.3, -0.25) is 4.79 Å². The highest BCUT2D eigenvalue weighted by atomic mass is 35.5. The number of carbonyl (C=O) groups is 1. The van der Waals surface area contributed by atoms with E-state index in [0.717, 1.165) is 0 Å². The molecule has 0 fully saturated rings. The second-order valence-electron chi connectivity index (χ2n) is 6.35. The van der Waals surface area contributed by atoms with Gasteiger partial charge in [-0.1, -0.05) is 17.7 Å². The standard InChI is InChI=1S/C20H20ClFN4O3/c1-4-26(12(2)11-28-17-9-8-14(21)10-23-17)20(27)15-6-5-7-16(22)18(15)19-25-24-13(3)29-19/h5-10,12H,4,11H2,1-3H3. The summed E-state index contributed by atoms with van der Waals surface area (Å²) in [5.74, 6) is -0.319. The van der Waals surface area contributed by atoms with E-state index in [-0.39, 0.29) is 41.5 Å². The number of hydrogen-bond donors (Lipinski definition) is 0. The number of halogens is 2. The molecule has 1 aromatic carbocycles. The monoisotopic (exact) mass is 418 g/mol. The van der Waals surface area contributed by atoms with Crippen LogP contribution in [0.3, 0.4) is 0 Å². The highest BCUT2D eigenvalue weighted by Crippen LogP contribution is 2.27. The highest BCUT2D eigenvalue weighted by Gasteiger charge is 2.27. The number of carbonyl (C=O) groups excluding carboxylic acids is 1. The Morgan fingerprint density at radius 2 is 2.10 bits per heavy atom. The van der Waals surface area contributed by atoms with Crippen molar-refractivity contribution in [3.05, 3.63) is 58.8 Å². The summed E-state index contributed by atoms with van der Waals surface area (Å²) in [5, 5.41) is 8.10. The number of aryl methyl sites for hydroxylation is 1. The van der Waals surface area contributed by atoms with Crippen molar-refractivity contribution in [1.82, 2.24) is 20.1 Å². The number of ether oxygens (including phenoxy) is 1. The summed E-state index contributed by atoms with van der Waals surface area (Å²) in [6, 6.07) is 7.28. The van der Waals surface area contributed by atoms with E-state index < -0.39 is 5.82 Å². The molecule has 2 heterocycles. The fourth-order valence-corrected chi connectivity index (χ4v) is 2.98. The molecule has 0 saturated heterocycles. The van der Waals surface area contributed by atoms with Gasteiger partial charge in [-0.15, -0.1) is 10.2 Å². The summed E-state index contributed by atoms with van der Waals surface area (Å²) in [6.07, 6.45) is 1.48. The maximum Gasteiger partial charge on any atom is 0.255 e. The smallest absolute Gasteiger partial charge is 0.255 e. The number of amides is 1. The zero-order valence-corrected chi connectivity index (χ0v) is 17.0. The average Bonchev–Trinajstić information content (AvgIpc) is 3.13. The van der Waals surface area contributed by atoms with Crippen molar-refractivity contribution >= 4 is 17.5 Å². The first-order valence-corrected chi connectivity index (χ1v) is 9.42. The van der Waals surface area contributed by atoms with Gasteiger partial charge in [0, 0.05) is 25.7 Å². The minimum absolute atomic E-state index is 0.0102. The molecule has 152 valence electrons. The molecular weight excluding hydrogens is 399 g/mol. The van der Waals surface area contributed by atoms with Crippen LogP contribution in [0.1, 0.15) is 30.1 Å². The van der Waals surface area contributed by atoms with E-state index in [0.29, 0.717) is 17.4 Å². The van der Waals surface area contributed by atoms with Crippen LogP contribution in [0.25, 0.3) is 11.5 Å². The minimum Gasteiger partial charge on any atom is -0.475 e. The minimum atomic E-state index is -0.607. The second-order valence-corrected chi connectivity index (χ2v) is 6.79. The van der Waals surface area contributed by atoms with Gasteiger partial charge in [-0.2, -0.15) is 0 Å². The molecule has 3 rings (SSSR count). The van der Waals surface area contributed by atoms with Crippen LogP contribution in [-0.2, 0) is 0 Å². The lowest BCUT2D eigenvalue weighted by Gasteiger charge is -2.28. The summed E-state index contributed by atoms with van der Waals surface area (Å²) in [4.78, 5) is 18.9. The summed E-state index contributed by atoms with van der Waals surface area (Å²) in [7, 11) is 0. The molecule has 0 aliphatic heterocycles. The van der Waals surface area contributed by atoms with Crippen molar-refractivity contribution in [3.8, 4) is 17.3 Å². The Morgan fingerprint density at radius 1 is 1.31 bits per heavy atom. The van der Waals surface area contributed by atoms with E-state index in [2.05, 4.69) is 15.2 Å². The lowest BCUT2D eigenvalue weighted by molar-refractivity contribution is 0.0646. The highest BCUT2D eigenvalue weighted by molar-refractivity contribution is 6.30. The Morgan fingerprint density at radius 3 is 2.72 bits per heavy atom. The van der Waals surface area contributed by atoms with Crippen LogP contribution >= 0.6 is 11.6 Å². The number of aromatic nitrogens is 3. The quantitative estimate of drug-likeness (QED) is 0.573. The Kier molecular flexibility index (Phi) is 6.43. The third-order valence-corrected chi connectivity index (χ3v) is 4.51. The second kappa shape index (κ2) is 9.00. The zero-order chi connectivity index (χ0) is 21.0. The molecule has 0 N–H and O–H groups in total. The van der Waals surface area contributed by atoms with Gasteiger partial charge >= 0.3 is 0 Å². The molecule has 1 atom stereocenters. The molecule has 0 bridgehead atoms. The molecule has 2 aromatic heterocycles. The Hall–Kier alpha value is -3.00. The van der Waals surface area contributed by atoms with Crippen LogP contribution < -0.4 is 4.74 Å². The van der Waals surface area contributed by atoms with Crippen molar-refractivity contribution in [1.29, 1.82) is 0 Å². The topological polar surface area (TPSA) is 81.4 Å². The maximum atomic E-state index is 14.5. The fraction of sp³-hybridized carbons (Fsp3) is 0.300. The first-order valence-electron chi connectivity index (χ1n) is 9.05. The zero-order valence-electron chi connectivity index (χ0n) is 16.2. The van der Waals surface area contributed by atoms with E-state index in [1.807, 2.05) is 13.8 Å². The molecule has 0 aliphatic rings. The van der Waals surface area contributed by atoms with Crippen LogP contribution in [-0.4, -0.2) is 45.2 Å². The molecular formula is C20H20ClFN4O3. The largest absolute Gasteiger partial charge is 0.475 e. The van der Waals surface area contributed by atoms with Crippen LogP contribution in [0.15, 0.2) is 40.9 Å². The number of likely N-dealkylation sites (N-methyl/N-ethyl adjacent to an activating group) is 1. The van der Waals surface area contributed by atoms with Gasteiger partial charge < -0.3 is 14.1 Å². The molecule has 0 aliphatic carbocycles. The molecule has 3 aromatic rings. The Balaban J connectivity index is 1.82. The summed E-state index contributed by atoms with van der Waals surface area (Å²) in [5.41, 5.74) is 0.135. The summed E-state index contributed by atoms with van der Waals surface area (Å²) < 4.78 is 25.5. The van der Waals surface area contributed by atoms with E-state index in [1.54, 1.807) is 24.0 Å². The molecule has 1 unspecified atom stereocenters. The maximum absolute atomic E-state index is 14.5. The first-order chi connectivity index (χ1) is 13.9. The van der Waals surface area contributed by atoms with Crippen LogP contribution in [0, 0.1) is 12.7 Å². The number of benzene rings is 1. The van der Waals surface area contributed by atoms with E-state index in [4.69, 9.17) is 20.8 Å². The van der Waals surface area contributed by atoms with E-state index >= 15 is 0 Å². The van der Waals surface area contributed by atoms with Crippen molar-refractivity contribution < 1.29 is 18.3 Å². The fourth-order valence-electron chi connectivity index (χ4n) is 2.87. The Labute approximate surface area is 172 Å². The SMILES string of the molecule is CCN(C(=O)c1cccc(F)c1-c1nnc(C)o1)C(C)COc1ccc(Cl)cn1. The Bertz CT molecular complexity index is 994. The third kappa shape index (κ3) is 4.71.